The number of nitrogens with one attached hydrogen (secondary N) is 1. The Kier molecular flexibility index (Phi) is 7.10. The van der Waals surface area contributed by atoms with Crippen molar-refractivity contribution in [3.8, 4) is 11.3 Å². The molecule has 4 N–H and O–H groups in total. The van der Waals surface area contributed by atoms with Crippen LogP contribution >= 0.6 is 0 Å². The van der Waals surface area contributed by atoms with E-state index >= 15 is 0 Å². The highest BCUT2D eigenvalue weighted by Gasteiger charge is 2.36. The molecule has 5 rings (SSSR count). The molecule has 1 aliphatic heterocycles. The minimum absolute atomic E-state index is 0.192. The summed E-state index contributed by atoms with van der Waals surface area (Å²) < 4.78 is 69.2. The second kappa shape index (κ2) is 10.4. The summed E-state index contributed by atoms with van der Waals surface area (Å²) in [6, 6.07) is 10.3. The Labute approximate surface area is 226 Å². The SMILES string of the molecule is Nc1ncnc2c1c(-c1ccc(CNS(=O)(=O)c3ccccc3C(F)(F)F)cc1)nn2[C@@H]1CCCN(C(=O)O)C1. The minimum atomic E-state index is -4.83. The number of carboxylic acid groups (broad SMARTS) is 1. The number of carbonyl (C=O) groups is 1. The van der Waals surface area contributed by atoms with Gasteiger partial charge in [0.05, 0.1) is 21.9 Å². The van der Waals surface area contributed by atoms with E-state index in [-0.39, 0.29) is 24.9 Å². The molecule has 210 valence electrons. The van der Waals surface area contributed by atoms with E-state index < -0.39 is 32.8 Å². The second-order valence-corrected chi connectivity index (χ2v) is 11.0. The van der Waals surface area contributed by atoms with Gasteiger partial charge in [-0.25, -0.2) is 32.6 Å². The third-order valence-electron chi connectivity index (χ3n) is 6.71. The van der Waals surface area contributed by atoms with Crippen molar-refractivity contribution in [1.82, 2.24) is 29.4 Å². The molecule has 1 saturated heterocycles. The van der Waals surface area contributed by atoms with Gasteiger partial charge in [-0.05, 0) is 30.5 Å². The number of hydrogen-bond donors (Lipinski definition) is 3. The number of rotatable bonds is 6. The smallest absolute Gasteiger partial charge is 0.417 e. The molecule has 15 heteroatoms. The molecule has 0 radical (unpaired) electrons. The molecule has 0 bridgehead atoms. The molecule has 0 aliphatic carbocycles. The molecule has 11 nitrogen and oxygen atoms in total. The molecule has 2 aromatic heterocycles. The maximum Gasteiger partial charge on any atom is 0.417 e. The highest BCUT2D eigenvalue weighted by molar-refractivity contribution is 7.89. The average Bonchev–Trinajstić information content (AvgIpc) is 3.33. The zero-order valence-corrected chi connectivity index (χ0v) is 21.7. The van der Waals surface area contributed by atoms with Crippen molar-refractivity contribution in [3.05, 3.63) is 66.0 Å². The molecular weight excluding hydrogens is 551 g/mol. The van der Waals surface area contributed by atoms with Crippen molar-refractivity contribution in [3.63, 3.8) is 0 Å². The molecule has 1 aliphatic rings. The van der Waals surface area contributed by atoms with Crippen LogP contribution < -0.4 is 10.5 Å². The zero-order valence-electron chi connectivity index (χ0n) is 20.8. The predicted molar refractivity (Wildman–Crippen MR) is 139 cm³/mol. The number of anilines is 1. The topological polar surface area (TPSA) is 156 Å². The first kappa shape index (κ1) is 27.3. The Bertz CT molecular complexity index is 1670. The molecular formula is C25H24F3N7O4S. The number of halogens is 3. The normalized spacial score (nSPS) is 16.4. The monoisotopic (exact) mass is 575 g/mol. The average molecular weight is 576 g/mol. The van der Waals surface area contributed by atoms with Gasteiger partial charge in [-0.1, -0.05) is 36.4 Å². The van der Waals surface area contributed by atoms with E-state index in [0.717, 1.165) is 18.2 Å². The molecule has 0 spiro atoms. The number of nitrogens with two attached hydrogens (primary N) is 1. The number of nitrogen functional groups attached to an aromatic ring is 1. The fourth-order valence-electron chi connectivity index (χ4n) is 4.75. The number of sulfonamides is 1. The standard InChI is InChI=1S/C25H24F3N7O4S/c26-25(27,28)18-5-1-2-6-19(18)40(38,39)32-12-15-7-9-16(10-8-15)21-20-22(29)30-14-31-23(20)35(33-21)17-4-3-11-34(13-17)24(36)37/h1-2,5-10,14,17,32H,3-4,11-13H2,(H,36,37)(H2,29,30,31)/t17-/m1/s1. The summed E-state index contributed by atoms with van der Waals surface area (Å²) in [6.45, 7) is 0.427. The van der Waals surface area contributed by atoms with Crippen molar-refractivity contribution >= 4 is 33.0 Å². The summed E-state index contributed by atoms with van der Waals surface area (Å²) in [7, 11) is -4.45. The van der Waals surface area contributed by atoms with Gasteiger partial charge in [0, 0.05) is 25.2 Å². The van der Waals surface area contributed by atoms with Crippen LogP contribution in [0, 0.1) is 0 Å². The number of benzene rings is 2. The largest absolute Gasteiger partial charge is 0.465 e. The summed E-state index contributed by atoms with van der Waals surface area (Å²) in [5, 5.41) is 14.6. The molecule has 1 amide bonds. The molecule has 0 saturated carbocycles. The van der Waals surface area contributed by atoms with Crippen LogP contribution in [0.5, 0.6) is 0 Å². The first-order chi connectivity index (χ1) is 19.0. The Morgan fingerprint density at radius 3 is 2.55 bits per heavy atom. The van der Waals surface area contributed by atoms with Crippen LogP contribution in [-0.2, 0) is 22.7 Å². The molecule has 0 unspecified atom stereocenters. The van der Waals surface area contributed by atoms with Gasteiger partial charge in [-0.15, -0.1) is 0 Å². The Balaban J connectivity index is 1.41. The molecule has 3 heterocycles. The van der Waals surface area contributed by atoms with E-state index in [9.17, 15) is 31.5 Å². The lowest BCUT2D eigenvalue weighted by atomic mass is 10.1. The van der Waals surface area contributed by atoms with E-state index in [2.05, 4.69) is 14.7 Å². The van der Waals surface area contributed by atoms with Gasteiger partial charge in [-0.3, -0.25) is 0 Å². The number of likely N-dealkylation sites (tertiary alicyclic amines) is 1. The number of alkyl halides is 3. The predicted octanol–water partition coefficient (Wildman–Crippen LogP) is 3.89. The Morgan fingerprint density at radius 1 is 1.12 bits per heavy atom. The Morgan fingerprint density at radius 2 is 1.85 bits per heavy atom. The van der Waals surface area contributed by atoms with Gasteiger partial charge >= 0.3 is 12.3 Å². The number of piperidine rings is 1. The van der Waals surface area contributed by atoms with Gasteiger partial charge in [0.25, 0.3) is 0 Å². The van der Waals surface area contributed by atoms with E-state index in [1.54, 1.807) is 28.9 Å². The quantitative estimate of drug-likeness (QED) is 0.313. The summed E-state index contributed by atoms with van der Waals surface area (Å²) in [6.07, 6.45) is -3.17. The number of fused-ring (bicyclic) bond motifs is 1. The second-order valence-electron chi connectivity index (χ2n) is 9.29. The lowest BCUT2D eigenvalue weighted by molar-refractivity contribution is -0.139. The fourth-order valence-corrected chi connectivity index (χ4v) is 6.00. The van der Waals surface area contributed by atoms with Crippen LogP contribution in [0.3, 0.4) is 0 Å². The molecule has 2 aromatic carbocycles. The van der Waals surface area contributed by atoms with Gasteiger partial charge in [0.15, 0.2) is 5.65 Å². The number of amides is 1. The van der Waals surface area contributed by atoms with E-state index in [1.807, 2.05) is 0 Å². The van der Waals surface area contributed by atoms with Gasteiger partial charge in [0.2, 0.25) is 10.0 Å². The van der Waals surface area contributed by atoms with Crippen molar-refractivity contribution < 1.29 is 31.5 Å². The maximum atomic E-state index is 13.3. The van der Waals surface area contributed by atoms with Crippen molar-refractivity contribution in [2.75, 3.05) is 18.8 Å². The van der Waals surface area contributed by atoms with Gasteiger partial charge in [-0.2, -0.15) is 18.3 Å². The van der Waals surface area contributed by atoms with Crippen LogP contribution in [-0.4, -0.2) is 57.4 Å². The lowest BCUT2D eigenvalue weighted by Crippen LogP contribution is -2.40. The minimum Gasteiger partial charge on any atom is -0.465 e. The molecule has 4 aromatic rings. The van der Waals surface area contributed by atoms with Gasteiger partial charge in [0.1, 0.15) is 17.8 Å². The third-order valence-corrected chi connectivity index (χ3v) is 8.17. The number of nitrogens with zero attached hydrogens (tertiary/aromatic N) is 5. The van der Waals surface area contributed by atoms with E-state index in [4.69, 9.17) is 10.8 Å². The maximum absolute atomic E-state index is 13.3. The molecule has 40 heavy (non-hydrogen) atoms. The summed E-state index contributed by atoms with van der Waals surface area (Å²) in [4.78, 5) is 20.4. The van der Waals surface area contributed by atoms with Crippen LogP contribution in [0.4, 0.5) is 23.8 Å². The van der Waals surface area contributed by atoms with Crippen LogP contribution in [0.1, 0.15) is 30.0 Å². The third kappa shape index (κ3) is 5.29. The number of hydrogen-bond acceptors (Lipinski definition) is 7. The lowest BCUT2D eigenvalue weighted by Gasteiger charge is -2.30. The van der Waals surface area contributed by atoms with Gasteiger partial charge < -0.3 is 15.7 Å². The van der Waals surface area contributed by atoms with Crippen LogP contribution in [0.15, 0.2) is 59.8 Å². The highest BCUT2D eigenvalue weighted by atomic mass is 32.2. The van der Waals surface area contributed by atoms with E-state index in [0.29, 0.717) is 47.2 Å². The van der Waals surface area contributed by atoms with Crippen LogP contribution in [0.2, 0.25) is 0 Å². The van der Waals surface area contributed by atoms with Crippen molar-refractivity contribution in [2.45, 2.75) is 36.5 Å². The van der Waals surface area contributed by atoms with Crippen LogP contribution in [0.25, 0.3) is 22.3 Å². The van der Waals surface area contributed by atoms with Crippen molar-refractivity contribution in [1.29, 1.82) is 0 Å². The first-order valence-corrected chi connectivity index (χ1v) is 13.7. The molecule has 1 atom stereocenters. The summed E-state index contributed by atoms with van der Waals surface area (Å²) >= 11 is 0. The van der Waals surface area contributed by atoms with Crippen molar-refractivity contribution in [2.24, 2.45) is 0 Å². The first-order valence-electron chi connectivity index (χ1n) is 12.2. The molecule has 1 fully saturated rings. The summed E-state index contributed by atoms with van der Waals surface area (Å²) in [5.74, 6) is 0.192. The number of aromatic nitrogens is 4. The Hall–Kier alpha value is -4.24. The highest BCUT2D eigenvalue weighted by Crippen LogP contribution is 2.35. The fraction of sp³-hybridized carbons (Fsp3) is 0.280. The summed E-state index contributed by atoms with van der Waals surface area (Å²) in [5.41, 5.74) is 6.96. The van der Waals surface area contributed by atoms with E-state index in [1.165, 1.54) is 17.3 Å². The zero-order chi connectivity index (χ0) is 28.7.